The Balaban J connectivity index is 0.000000187. The molecule has 39 heavy (non-hydrogen) atoms. The summed E-state index contributed by atoms with van der Waals surface area (Å²) in [5, 5.41) is 10.5. The van der Waals surface area contributed by atoms with Crippen molar-refractivity contribution in [3.05, 3.63) is 59.2 Å². The van der Waals surface area contributed by atoms with Crippen LogP contribution in [0.15, 0.2) is 47.6 Å². The monoisotopic (exact) mass is 551 g/mol. The number of thiophene rings is 1. The van der Waals surface area contributed by atoms with Crippen molar-refractivity contribution in [3.8, 4) is 5.75 Å². The first-order chi connectivity index (χ1) is 18.8. The standard InChI is InChI=1S/C15H21N5O2.C12H12N2O2S/c1-20-7-5-15(6-8-20)9-11(21)13-10(14(16)18-19-17)3-2-4-12(13)22-15;1-2-13-12(16)14-11-9(7-15)8-5-3-4-6-10(8)17-11/h2-4,19H,5-9,17H2,1H3,(H2,16,18);3-7H,2H2,1H3,(H2,13,14,16). The highest BCUT2D eigenvalue weighted by Crippen LogP contribution is 2.40. The van der Waals surface area contributed by atoms with Gasteiger partial charge in [0.05, 0.1) is 17.5 Å². The number of carbonyl (C=O) groups excluding carboxylic acids is 3. The summed E-state index contributed by atoms with van der Waals surface area (Å²) in [7, 11) is 2.08. The highest BCUT2D eigenvalue weighted by atomic mass is 32.1. The van der Waals surface area contributed by atoms with Gasteiger partial charge < -0.3 is 20.7 Å². The summed E-state index contributed by atoms with van der Waals surface area (Å²) in [4.78, 5) is 37.5. The second-order valence-corrected chi connectivity index (χ2v) is 10.5. The number of nitrogens with zero attached hydrogens (tertiary/aromatic N) is 2. The number of hydrazone groups is 1. The van der Waals surface area contributed by atoms with E-state index in [0.29, 0.717) is 40.4 Å². The maximum atomic E-state index is 12.7. The molecular formula is C27H33N7O4S. The van der Waals surface area contributed by atoms with E-state index in [2.05, 4.69) is 33.2 Å². The number of piperidine rings is 1. The number of aldehydes is 1. The molecule has 11 nitrogen and oxygen atoms in total. The van der Waals surface area contributed by atoms with Crippen LogP contribution in [0.1, 0.15) is 52.5 Å². The smallest absolute Gasteiger partial charge is 0.319 e. The van der Waals surface area contributed by atoms with Crippen molar-refractivity contribution in [2.24, 2.45) is 16.7 Å². The molecule has 2 aliphatic heterocycles. The van der Waals surface area contributed by atoms with Gasteiger partial charge in [0.15, 0.2) is 17.9 Å². The van der Waals surface area contributed by atoms with Gasteiger partial charge in [-0.1, -0.05) is 30.3 Å². The van der Waals surface area contributed by atoms with Gasteiger partial charge in [0.25, 0.3) is 0 Å². The van der Waals surface area contributed by atoms with E-state index in [4.69, 9.17) is 16.3 Å². The van der Waals surface area contributed by atoms with E-state index in [1.54, 1.807) is 6.07 Å². The van der Waals surface area contributed by atoms with Crippen LogP contribution in [0.3, 0.4) is 0 Å². The number of nitrogens with one attached hydrogen (secondary N) is 3. The minimum atomic E-state index is -0.382. The fraction of sp³-hybridized carbons (Fsp3) is 0.333. The number of hydrazine groups is 1. The van der Waals surface area contributed by atoms with E-state index >= 15 is 0 Å². The quantitative estimate of drug-likeness (QED) is 0.106. The van der Waals surface area contributed by atoms with Crippen LogP contribution in [0.2, 0.25) is 0 Å². The van der Waals surface area contributed by atoms with Crippen molar-refractivity contribution in [3.63, 3.8) is 0 Å². The van der Waals surface area contributed by atoms with Gasteiger partial charge in [-0.3, -0.25) is 14.9 Å². The molecule has 2 aliphatic rings. The zero-order valence-corrected chi connectivity index (χ0v) is 22.8. The Morgan fingerprint density at radius 3 is 2.64 bits per heavy atom. The molecule has 1 fully saturated rings. The Morgan fingerprint density at radius 1 is 1.21 bits per heavy atom. The summed E-state index contributed by atoms with van der Waals surface area (Å²) in [5.74, 6) is 5.98. The van der Waals surface area contributed by atoms with Crippen molar-refractivity contribution in [2.45, 2.75) is 31.8 Å². The predicted molar refractivity (Wildman–Crippen MR) is 153 cm³/mol. The number of anilines is 1. The summed E-state index contributed by atoms with van der Waals surface area (Å²) in [6.07, 6.45) is 2.87. The lowest BCUT2D eigenvalue weighted by molar-refractivity contribution is -0.00370. The highest BCUT2D eigenvalue weighted by Gasteiger charge is 2.43. The van der Waals surface area contributed by atoms with Crippen LogP contribution in [0.5, 0.6) is 5.75 Å². The van der Waals surface area contributed by atoms with E-state index < -0.39 is 0 Å². The van der Waals surface area contributed by atoms with Gasteiger partial charge in [-0.15, -0.1) is 16.4 Å². The molecule has 2 aromatic carbocycles. The molecule has 1 saturated heterocycles. The lowest BCUT2D eigenvalue weighted by Crippen LogP contribution is -2.50. The first-order valence-electron chi connectivity index (χ1n) is 12.6. The van der Waals surface area contributed by atoms with Crippen molar-refractivity contribution >= 4 is 50.4 Å². The Kier molecular flexibility index (Phi) is 8.79. The topological polar surface area (TPSA) is 164 Å². The zero-order chi connectivity index (χ0) is 28.0. The Bertz CT molecular complexity index is 1400. The number of hydrogen-bond donors (Lipinski definition) is 5. The molecule has 7 N–H and O–H groups in total. The Morgan fingerprint density at radius 2 is 1.95 bits per heavy atom. The molecule has 3 aromatic rings. The maximum absolute atomic E-state index is 12.7. The van der Waals surface area contributed by atoms with E-state index in [9.17, 15) is 14.4 Å². The second-order valence-electron chi connectivity index (χ2n) is 9.44. The normalized spacial score (nSPS) is 16.5. The van der Waals surface area contributed by atoms with Gasteiger partial charge >= 0.3 is 6.03 Å². The van der Waals surface area contributed by atoms with Crippen LogP contribution in [-0.4, -0.2) is 61.1 Å². The van der Waals surface area contributed by atoms with Crippen LogP contribution in [0, 0.1) is 0 Å². The third kappa shape index (κ3) is 6.19. The van der Waals surface area contributed by atoms with Crippen LogP contribution in [-0.2, 0) is 0 Å². The molecule has 3 heterocycles. The predicted octanol–water partition coefficient (Wildman–Crippen LogP) is 3.06. The fourth-order valence-corrected chi connectivity index (χ4v) is 5.85. The molecule has 1 spiro atoms. The largest absolute Gasteiger partial charge is 0.486 e. The minimum absolute atomic E-state index is 0.0524. The SMILES string of the molecule is CCNC(=O)Nc1sc2ccccc2c1C=O.CN1CCC2(CC1)CC(=O)c1c(cccc1/C(N)=N/NN)O2. The molecule has 0 atom stereocenters. The first-order valence-corrected chi connectivity index (χ1v) is 13.5. The van der Waals surface area contributed by atoms with Crippen molar-refractivity contribution in [1.29, 1.82) is 0 Å². The molecule has 206 valence electrons. The second kappa shape index (κ2) is 12.2. The first kappa shape index (κ1) is 28.0. The molecule has 12 heteroatoms. The number of carbonyl (C=O) groups is 3. The van der Waals surface area contributed by atoms with Crippen molar-refractivity contribution in [1.82, 2.24) is 15.8 Å². The third-order valence-electron chi connectivity index (χ3n) is 6.79. The number of Topliss-reactive ketones (excluding diaryl/α,β-unsaturated/α-hetero) is 1. The van der Waals surface area contributed by atoms with E-state index in [1.165, 1.54) is 11.3 Å². The number of rotatable bonds is 5. The Hall–Kier alpha value is -4.00. The number of benzene rings is 2. The number of urea groups is 1. The molecule has 0 unspecified atom stereocenters. The fourth-order valence-electron chi connectivity index (χ4n) is 4.79. The molecule has 0 aliphatic carbocycles. The summed E-state index contributed by atoms with van der Waals surface area (Å²) >= 11 is 1.40. The average Bonchev–Trinajstić information content (AvgIpc) is 3.27. The van der Waals surface area contributed by atoms with E-state index in [0.717, 1.165) is 42.3 Å². The number of hydrogen-bond acceptors (Lipinski definition) is 9. The van der Waals surface area contributed by atoms with Crippen molar-refractivity contribution < 1.29 is 19.1 Å². The Labute approximate surface area is 230 Å². The van der Waals surface area contributed by atoms with Gasteiger partial charge in [-0.05, 0) is 26.1 Å². The number of amides is 2. The molecule has 5 rings (SSSR count). The number of likely N-dealkylation sites (tertiary alicyclic amines) is 1. The summed E-state index contributed by atoms with van der Waals surface area (Å²) in [6.45, 7) is 4.25. The molecular weight excluding hydrogens is 518 g/mol. The zero-order valence-electron chi connectivity index (χ0n) is 22.0. The van der Waals surface area contributed by atoms with Gasteiger partial charge in [0.1, 0.15) is 16.4 Å². The number of ketones is 1. The number of nitrogens with two attached hydrogens (primary N) is 2. The number of fused-ring (bicyclic) bond motifs is 2. The van der Waals surface area contributed by atoms with Gasteiger partial charge in [-0.2, -0.15) is 0 Å². The average molecular weight is 552 g/mol. The molecule has 0 radical (unpaired) electrons. The van der Waals surface area contributed by atoms with E-state index in [1.807, 2.05) is 43.3 Å². The highest BCUT2D eigenvalue weighted by molar-refractivity contribution is 7.23. The van der Waals surface area contributed by atoms with Crippen molar-refractivity contribution in [2.75, 3.05) is 32.0 Å². The molecule has 2 amide bonds. The lowest BCUT2D eigenvalue weighted by Gasteiger charge is -2.43. The summed E-state index contributed by atoms with van der Waals surface area (Å²) in [5.41, 5.74) is 9.25. The number of ether oxygens (including phenoxy) is 1. The summed E-state index contributed by atoms with van der Waals surface area (Å²) in [6, 6.07) is 12.7. The van der Waals surface area contributed by atoms with Crippen LogP contribution >= 0.6 is 11.3 Å². The molecule has 0 saturated carbocycles. The third-order valence-corrected chi connectivity index (χ3v) is 7.89. The van der Waals surface area contributed by atoms with Crippen LogP contribution in [0.4, 0.5) is 9.80 Å². The van der Waals surface area contributed by atoms with Gasteiger partial charge in [-0.25, -0.2) is 16.2 Å². The van der Waals surface area contributed by atoms with Gasteiger partial charge in [0, 0.05) is 48.1 Å². The van der Waals surface area contributed by atoms with E-state index in [-0.39, 0.29) is 23.3 Å². The summed E-state index contributed by atoms with van der Waals surface area (Å²) < 4.78 is 7.23. The molecule has 1 aromatic heterocycles. The minimum Gasteiger partial charge on any atom is -0.486 e. The maximum Gasteiger partial charge on any atom is 0.319 e. The molecule has 0 bridgehead atoms. The lowest BCUT2D eigenvalue weighted by atomic mass is 9.81. The van der Waals surface area contributed by atoms with Crippen LogP contribution in [0.25, 0.3) is 10.1 Å². The van der Waals surface area contributed by atoms with Crippen LogP contribution < -0.4 is 32.5 Å². The van der Waals surface area contributed by atoms with Gasteiger partial charge in [0.2, 0.25) is 0 Å². The number of amidine groups is 1.